The average molecular weight is 690 g/mol. The number of furan rings is 2. The number of para-hydroxylation sites is 6. The van der Waals surface area contributed by atoms with Crippen LogP contribution in [0.1, 0.15) is 5.56 Å². The molecule has 0 saturated heterocycles. The zero-order chi connectivity index (χ0) is 35.5. The third-order valence-corrected chi connectivity index (χ3v) is 11.2. The summed E-state index contributed by atoms with van der Waals surface area (Å²) in [6.45, 7) is 0. The van der Waals surface area contributed by atoms with Crippen molar-refractivity contribution in [3.8, 4) is 28.6 Å². The summed E-state index contributed by atoms with van der Waals surface area (Å²) in [5, 5.41) is 19.7. The Balaban J connectivity index is 1.20. The van der Waals surface area contributed by atoms with Gasteiger partial charge in [0.15, 0.2) is 0 Å². The number of hydrogen-bond acceptors (Lipinski definition) is 3. The third-order valence-electron chi connectivity index (χ3n) is 11.2. The molecule has 0 unspecified atom stereocenters. The Bertz CT molecular complexity index is 3590. The van der Waals surface area contributed by atoms with Gasteiger partial charge in [-0.2, -0.15) is 5.26 Å². The molecule has 0 amide bonds. The van der Waals surface area contributed by atoms with Gasteiger partial charge in [-0.25, -0.2) is 0 Å². The van der Waals surface area contributed by atoms with E-state index in [2.05, 4.69) is 143 Å². The molecule has 0 aliphatic rings. The largest absolute Gasteiger partial charge is 0.456 e. The molecule has 4 heterocycles. The number of rotatable bonds is 3. The summed E-state index contributed by atoms with van der Waals surface area (Å²) < 4.78 is 17.4. The van der Waals surface area contributed by atoms with Crippen molar-refractivity contribution in [2.24, 2.45) is 0 Å². The number of nitrogens with zero attached hydrogens (tertiary/aromatic N) is 3. The molecule has 0 fully saturated rings. The molecule has 54 heavy (non-hydrogen) atoms. The van der Waals surface area contributed by atoms with Crippen molar-refractivity contribution in [3.05, 3.63) is 169 Å². The van der Waals surface area contributed by atoms with Gasteiger partial charge < -0.3 is 18.0 Å². The molecule has 5 heteroatoms. The van der Waals surface area contributed by atoms with Gasteiger partial charge in [0.05, 0.1) is 39.0 Å². The molecule has 4 aromatic heterocycles. The lowest BCUT2D eigenvalue weighted by atomic mass is 9.98. The van der Waals surface area contributed by atoms with Crippen LogP contribution in [0, 0.1) is 11.3 Å². The molecule has 0 aliphatic heterocycles. The second-order valence-corrected chi connectivity index (χ2v) is 13.9. The first-order valence-corrected chi connectivity index (χ1v) is 18.1. The molecule has 0 spiro atoms. The molecule has 0 radical (unpaired) electrons. The summed E-state index contributed by atoms with van der Waals surface area (Å²) in [5.41, 5.74) is 12.1. The van der Waals surface area contributed by atoms with E-state index in [9.17, 15) is 5.26 Å². The fraction of sp³-hybridized carbons (Fsp3) is 0. The van der Waals surface area contributed by atoms with Gasteiger partial charge in [-0.3, -0.25) is 0 Å². The smallest absolute Gasteiger partial charge is 0.136 e. The van der Waals surface area contributed by atoms with Crippen LogP contribution in [-0.4, -0.2) is 9.13 Å². The van der Waals surface area contributed by atoms with Crippen LogP contribution in [0.3, 0.4) is 0 Å². The van der Waals surface area contributed by atoms with Crippen molar-refractivity contribution < 1.29 is 8.83 Å². The average Bonchev–Trinajstić information content (AvgIpc) is 3.97. The van der Waals surface area contributed by atoms with Crippen molar-refractivity contribution in [3.63, 3.8) is 0 Å². The van der Waals surface area contributed by atoms with Crippen LogP contribution in [0.2, 0.25) is 0 Å². The SMILES string of the molecule is N#Cc1cccc(-c2ccccc2-n2c3ccccc3c3c4c(ccc32)oc2ccccc24)c1-n1c2ccccc2c2c3c(ccc21)oc1ccccc13. The molecule has 0 bridgehead atoms. The van der Waals surface area contributed by atoms with Gasteiger partial charge in [0.1, 0.15) is 28.4 Å². The lowest BCUT2D eigenvalue weighted by Crippen LogP contribution is -2.03. The highest BCUT2D eigenvalue weighted by Crippen LogP contribution is 2.46. The van der Waals surface area contributed by atoms with E-state index in [1.54, 1.807) is 0 Å². The van der Waals surface area contributed by atoms with Crippen molar-refractivity contribution in [1.82, 2.24) is 9.13 Å². The Morgan fingerprint density at radius 2 is 0.870 bits per heavy atom. The lowest BCUT2D eigenvalue weighted by molar-refractivity contribution is 0.669. The molecule has 250 valence electrons. The first-order valence-electron chi connectivity index (χ1n) is 18.1. The van der Waals surface area contributed by atoms with Gasteiger partial charge in [-0.1, -0.05) is 103 Å². The summed E-state index contributed by atoms with van der Waals surface area (Å²) in [6, 6.07) is 59.3. The maximum Gasteiger partial charge on any atom is 0.136 e. The van der Waals surface area contributed by atoms with Crippen LogP contribution in [-0.2, 0) is 0 Å². The van der Waals surface area contributed by atoms with E-state index in [1.807, 2.05) is 36.4 Å². The summed E-state index contributed by atoms with van der Waals surface area (Å²) in [7, 11) is 0. The van der Waals surface area contributed by atoms with Crippen LogP contribution in [0.4, 0.5) is 0 Å². The van der Waals surface area contributed by atoms with Gasteiger partial charge in [0.25, 0.3) is 0 Å². The number of nitriles is 1. The van der Waals surface area contributed by atoms with Crippen LogP contribution >= 0.6 is 0 Å². The third kappa shape index (κ3) is 3.76. The van der Waals surface area contributed by atoms with Crippen molar-refractivity contribution in [1.29, 1.82) is 5.26 Å². The minimum absolute atomic E-state index is 0.593. The van der Waals surface area contributed by atoms with Crippen LogP contribution in [0.25, 0.3) is 110 Å². The fourth-order valence-electron chi connectivity index (χ4n) is 9.04. The second-order valence-electron chi connectivity index (χ2n) is 13.9. The summed E-state index contributed by atoms with van der Waals surface area (Å²) >= 11 is 0. The maximum absolute atomic E-state index is 10.8. The monoisotopic (exact) mass is 689 g/mol. The first-order chi connectivity index (χ1) is 26.8. The van der Waals surface area contributed by atoms with Gasteiger partial charge in [0, 0.05) is 54.2 Å². The zero-order valence-corrected chi connectivity index (χ0v) is 28.7. The predicted octanol–water partition coefficient (Wildman–Crippen LogP) is 13.2. The standard InChI is InChI=1S/C49H27N3O2/c50-28-29-12-11-18-31(49(29)52-38-21-8-3-15-33(38)46-40(52)25-27-44-48(46)35-17-5-10-23-42(35)54-44)30-13-1-6-19-36(30)51-37-20-7-2-14-32(37)45-39(51)24-26-43-47(45)34-16-4-9-22-41(34)53-43/h1-27H. The van der Waals surface area contributed by atoms with Crippen molar-refractivity contribution >= 4 is 87.5 Å². The van der Waals surface area contributed by atoms with Crippen LogP contribution in [0.15, 0.2) is 173 Å². The molecule has 8 aromatic carbocycles. The van der Waals surface area contributed by atoms with Crippen molar-refractivity contribution in [2.45, 2.75) is 0 Å². The van der Waals surface area contributed by atoms with Crippen LogP contribution in [0.5, 0.6) is 0 Å². The summed E-state index contributed by atoms with van der Waals surface area (Å²) in [6.07, 6.45) is 0. The highest BCUT2D eigenvalue weighted by molar-refractivity contribution is 6.29. The lowest BCUT2D eigenvalue weighted by Gasteiger charge is -2.19. The minimum atomic E-state index is 0.593. The second kappa shape index (κ2) is 10.7. The van der Waals surface area contributed by atoms with E-state index < -0.39 is 0 Å². The van der Waals surface area contributed by atoms with Crippen LogP contribution < -0.4 is 0 Å². The van der Waals surface area contributed by atoms with E-state index in [0.717, 1.165) is 110 Å². The first kappa shape index (κ1) is 29.1. The summed E-state index contributed by atoms with van der Waals surface area (Å²) in [5.74, 6) is 0. The normalized spacial score (nSPS) is 12.1. The van der Waals surface area contributed by atoms with Gasteiger partial charge in [-0.05, 0) is 60.7 Å². The van der Waals surface area contributed by atoms with Gasteiger partial charge in [0.2, 0.25) is 0 Å². The van der Waals surface area contributed by atoms with Gasteiger partial charge in [-0.15, -0.1) is 0 Å². The quantitative estimate of drug-likeness (QED) is 0.185. The van der Waals surface area contributed by atoms with E-state index in [-0.39, 0.29) is 0 Å². The highest BCUT2D eigenvalue weighted by Gasteiger charge is 2.25. The fourth-order valence-corrected chi connectivity index (χ4v) is 9.04. The highest BCUT2D eigenvalue weighted by atomic mass is 16.3. The molecular formula is C49H27N3O2. The Labute approximate surface area is 307 Å². The van der Waals surface area contributed by atoms with Crippen molar-refractivity contribution in [2.75, 3.05) is 0 Å². The molecule has 0 aliphatic carbocycles. The molecule has 0 N–H and O–H groups in total. The Hall–Kier alpha value is -7.55. The van der Waals surface area contributed by atoms with E-state index >= 15 is 0 Å². The molecule has 0 atom stereocenters. The molecule has 5 nitrogen and oxygen atoms in total. The molecule has 0 saturated carbocycles. The van der Waals surface area contributed by atoms with E-state index in [0.29, 0.717) is 5.56 Å². The number of aromatic nitrogens is 2. The molecular weight excluding hydrogens is 663 g/mol. The minimum Gasteiger partial charge on any atom is -0.456 e. The molecule has 12 aromatic rings. The van der Waals surface area contributed by atoms with E-state index in [4.69, 9.17) is 8.83 Å². The topological polar surface area (TPSA) is 59.9 Å². The Morgan fingerprint density at radius 1 is 0.370 bits per heavy atom. The number of benzene rings is 8. The molecule has 12 rings (SSSR count). The predicted molar refractivity (Wildman–Crippen MR) is 220 cm³/mol. The number of fused-ring (bicyclic) bond motifs is 14. The Kier molecular flexibility index (Phi) is 5.78. The van der Waals surface area contributed by atoms with Gasteiger partial charge >= 0.3 is 0 Å². The number of hydrogen-bond donors (Lipinski definition) is 0. The maximum atomic E-state index is 10.8. The summed E-state index contributed by atoms with van der Waals surface area (Å²) in [4.78, 5) is 0. The zero-order valence-electron chi connectivity index (χ0n) is 28.7. The Morgan fingerprint density at radius 3 is 1.50 bits per heavy atom. The van der Waals surface area contributed by atoms with E-state index in [1.165, 1.54) is 0 Å².